The van der Waals surface area contributed by atoms with E-state index in [-0.39, 0.29) is 11.4 Å². The molecule has 0 radical (unpaired) electrons. The van der Waals surface area contributed by atoms with E-state index in [0.717, 1.165) is 34.1 Å². The maximum absolute atomic E-state index is 12.9. The molecule has 1 N–H and O–H groups in total. The fourth-order valence-electron chi connectivity index (χ4n) is 3.48. The fraction of sp³-hybridized carbons (Fsp3) is 0.0952. The van der Waals surface area contributed by atoms with Crippen molar-refractivity contribution < 1.29 is 8.42 Å². The molecule has 7 nitrogen and oxygen atoms in total. The van der Waals surface area contributed by atoms with Crippen molar-refractivity contribution in [2.45, 2.75) is 11.4 Å². The first-order chi connectivity index (χ1) is 14.6. The van der Waals surface area contributed by atoms with Crippen LogP contribution in [-0.4, -0.2) is 33.3 Å². The molecule has 150 valence electrons. The van der Waals surface area contributed by atoms with Crippen LogP contribution in [0.3, 0.4) is 0 Å². The largest absolute Gasteiger partial charge is 0.323 e. The van der Waals surface area contributed by atoms with E-state index in [2.05, 4.69) is 13.5 Å². The summed E-state index contributed by atoms with van der Waals surface area (Å²) in [6.45, 7) is 0.658. The second-order valence-corrected chi connectivity index (χ2v) is 8.99. The molecule has 0 spiro atoms. The van der Waals surface area contributed by atoms with E-state index in [1.807, 2.05) is 59.2 Å². The van der Waals surface area contributed by atoms with Gasteiger partial charge in [0.2, 0.25) is 10.0 Å². The Morgan fingerprint density at radius 3 is 2.50 bits per heavy atom. The number of nitrogens with zero attached hydrogens (tertiary/aromatic N) is 4. The van der Waals surface area contributed by atoms with E-state index < -0.39 is 10.0 Å². The zero-order valence-corrected chi connectivity index (χ0v) is 17.4. The lowest BCUT2D eigenvalue weighted by atomic mass is 10.2. The standard InChI is InChI=1S/C21H17N5O2S2/c27-30(28,19-12-6-10-17-20(19)25-29-24-17)22-13-14-26-18-11-5-4-9-16(18)23-21(26)15-7-2-1-3-8-15/h1-12,22H,13-14H2. The van der Waals surface area contributed by atoms with Gasteiger partial charge in [0.1, 0.15) is 21.8 Å². The van der Waals surface area contributed by atoms with Crippen LogP contribution in [-0.2, 0) is 16.6 Å². The maximum Gasteiger partial charge on any atom is 0.242 e. The number of benzene rings is 3. The molecule has 9 heteroatoms. The number of sulfonamides is 1. The minimum absolute atomic E-state index is 0.146. The molecule has 3 aromatic carbocycles. The number of fused-ring (bicyclic) bond motifs is 2. The second kappa shape index (κ2) is 7.60. The van der Waals surface area contributed by atoms with Gasteiger partial charge in [0, 0.05) is 18.7 Å². The van der Waals surface area contributed by atoms with Gasteiger partial charge in [-0.05, 0) is 24.3 Å². The normalized spacial score (nSPS) is 12.0. The summed E-state index contributed by atoms with van der Waals surface area (Å²) in [5, 5.41) is 0. The summed E-state index contributed by atoms with van der Waals surface area (Å²) in [7, 11) is -3.72. The van der Waals surface area contributed by atoms with Gasteiger partial charge in [-0.25, -0.2) is 18.1 Å². The molecular weight excluding hydrogens is 418 g/mol. The molecule has 0 saturated carbocycles. The van der Waals surface area contributed by atoms with Gasteiger partial charge in [-0.1, -0.05) is 48.5 Å². The summed E-state index contributed by atoms with van der Waals surface area (Å²) >= 11 is 1.00. The third kappa shape index (κ3) is 3.36. The first-order valence-corrected chi connectivity index (χ1v) is 11.6. The Morgan fingerprint density at radius 2 is 1.63 bits per heavy atom. The first-order valence-electron chi connectivity index (χ1n) is 9.35. The highest BCUT2D eigenvalue weighted by Crippen LogP contribution is 2.25. The molecule has 5 aromatic rings. The average Bonchev–Trinajstić information content (AvgIpc) is 3.39. The molecule has 0 aliphatic rings. The van der Waals surface area contributed by atoms with Crippen LogP contribution < -0.4 is 4.72 Å². The van der Waals surface area contributed by atoms with Gasteiger partial charge >= 0.3 is 0 Å². The van der Waals surface area contributed by atoms with Crippen LogP contribution in [0.15, 0.2) is 77.7 Å². The molecule has 0 fully saturated rings. The lowest BCUT2D eigenvalue weighted by molar-refractivity contribution is 0.575. The van der Waals surface area contributed by atoms with Crippen molar-refractivity contribution in [3.8, 4) is 11.4 Å². The monoisotopic (exact) mass is 435 g/mol. The molecule has 0 aliphatic carbocycles. The summed E-state index contributed by atoms with van der Waals surface area (Å²) in [5.74, 6) is 0.807. The molecule has 0 amide bonds. The zero-order valence-electron chi connectivity index (χ0n) is 15.8. The highest BCUT2D eigenvalue weighted by atomic mass is 32.2. The smallest absolute Gasteiger partial charge is 0.242 e. The van der Waals surface area contributed by atoms with E-state index in [4.69, 9.17) is 4.98 Å². The summed E-state index contributed by atoms with van der Waals surface area (Å²) in [6.07, 6.45) is 0. The number of imidazole rings is 1. The van der Waals surface area contributed by atoms with Gasteiger partial charge in [-0.15, -0.1) is 0 Å². The van der Waals surface area contributed by atoms with Gasteiger partial charge < -0.3 is 4.57 Å². The Balaban J connectivity index is 1.45. The lowest BCUT2D eigenvalue weighted by Crippen LogP contribution is -2.27. The van der Waals surface area contributed by atoms with Crippen LogP contribution in [0.25, 0.3) is 33.5 Å². The molecule has 5 rings (SSSR count). The SMILES string of the molecule is O=S(=O)(NCCn1c(-c2ccccc2)nc2ccccc21)c1cccc2nsnc12. The molecular formula is C21H17N5O2S2. The Bertz CT molecular complexity index is 1440. The predicted molar refractivity (Wildman–Crippen MR) is 118 cm³/mol. The van der Waals surface area contributed by atoms with Crippen LogP contribution in [0, 0.1) is 0 Å². The van der Waals surface area contributed by atoms with Crippen molar-refractivity contribution in [1.29, 1.82) is 0 Å². The van der Waals surface area contributed by atoms with Crippen LogP contribution in [0.5, 0.6) is 0 Å². The van der Waals surface area contributed by atoms with E-state index in [1.165, 1.54) is 0 Å². The molecule has 0 unspecified atom stereocenters. The number of hydrogen-bond acceptors (Lipinski definition) is 6. The van der Waals surface area contributed by atoms with Crippen molar-refractivity contribution in [3.05, 3.63) is 72.8 Å². The number of aromatic nitrogens is 4. The highest BCUT2D eigenvalue weighted by molar-refractivity contribution is 7.89. The summed E-state index contributed by atoms with van der Waals surface area (Å²) < 4.78 is 38.8. The minimum atomic E-state index is -3.72. The number of nitrogens with one attached hydrogen (secondary N) is 1. The van der Waals surface area contributed by atoms with Crippen molar-refractivity contribution in [2.75, 3.05) is 6.54 Å². The van der Waals surface area contributed by atoms with Crippen LogP contribution in [0.2, 0.25) is 0 Å². The Hall–Kier alpha value is -3.14. The first kappa shape index (κ1) is 18.9. The van der Waals surface area contributed by atoms with Gasteiger partial charge in [0.15, 0.2) is 0 Å². The van der Waals surface area contributed by atoms with E-state index >= 15 is 0 Å². The predicted octanol–water partition coefficient (Wildman–Crippen LogP) is 3.69. The van der Waals surface area contributed by atoms with E-state index in [9.17, 15) is 8.42 Å². The van der Waals surface area contributed by atoms with Crippen molar-refractivity contribution >= 4 is 43.8 Å². The van der Waals surface area contributed by atoms with Crippen LogP contribution in [0.1, 0.15) is 0 Å². The zero-order chi connectivity index (χ0) is 20.6. The molecule has 0 atom stereocenters. The third-order valence-corrected chi connectivity index (χ3v) is 6.89. The number of hydrogen-bond donors (Lipinski definition) is 1. The Kier molecular flexibility index (Phi) is 4.78. The van der Waals surface area contributed by atoms with Gasteiger partial charge in [-0.2, -0.15) is 8.75 Å². The van der Waals surface area contributed by atoms with Gasteiger partial charge in [0.05, 0.1) is 22.8 Å². The van der Waals surface area contributed by atoms with Crippen molar-refractivity contribution in [2.24, 2.45) is 0 Å². The summed E-state index contributed by atoms with van der Waals surface area (Å²) in [5.41, 5.74) is 3.79. The molecule has 30 heavy (non-hydrogen) atoms. The number of rotatable bonds is 6. The van der Waals surface area contributed by atoms with E-state index in [1.54, 1.807) is 18.2 Å². The average molecular weight is 436 g/mol. The maximum atomic E-state index is 12.9. The molecule has 2 heterocycles. The van der Waals surface area contributed by atoms with Gasteiger partial charge in [0.25, 0.3) is 0 Å². The highest BCUT2D eigenvalue weighted by Gasteiger charge is 2.20. The fourth-order valence-corrected chi connectivity index (χ4v) is 5.26. The third-order valence-electron chi connectivity index (χ3n) is 4.85. The van der Waals surface area contributed by atoms with E-state index in [0.29, 0.717) is 17.6 Å². The molecule has 0 aliphatic heterocycles. The Labute approximate surface area is 177 Å². The summed E-state index contributed by atoms with van der Waals surface area (Å²) in [4.78, 5) is 4.90. The van der Waals surface area contributed by atoms with Crippen LogP contribution in [0.4, 0.5) is 0 Å². The lowest BCUT2D eigenvalue weighted by Gasteiger charge is -2.11. The summed E-state index contributed by atoms with van der Waals surface area (Å²) in [6, 6.07) is 22.7. The second-order valence-electron chi connectivity index (χ2n) is 6.73. The number of para-hydroxylation sites is 2. The quantitative estimate of drug-likeness (QED) is 0.439. The Morgan fingerprint density at radius 1 is 0.867 bits per heavy atom. The molecule has 0 bridgehead atoms. The van der Waals surface area contributed by atoms with Gasteiger partial charge in [-0.3, -0.25) is 0 Å². The topological polar surface area (TPSA) is 89.8 Å². The van der Waals surface area contributed by atoms with Crippen molar-refractivity contribution in [1.82, 2.24) is 23.0 Å². The van der Waals surface area contributed by atoms with Crippen molar-refractivity contribution in [3.63, 3.8) is 0 Å². The minimum Gasteiger partial charge on any atom is -0.323 e. The molecule has 2 aromatic heterocycles. The van der Waals surface area contributed by atoms with Crippen LogP contribution >= 0.6 is 11.7 Å². The molecule has 0 saturated heterocycles.